The van der Waals surface area contributed by atoms with Crippen LogP contribution in [0.25, 0.3) is 0 Å². The Hall–Kier alpha value is -2.06. The second-order valence-electron chi connectivity index (χ2n) is 0.759. The first-order valence-electron chi connectivity index (χ1n) is 2.35. The van der Waals surface area contributed by atoms with Gasteiger partial charge in [0.15, 0.2) is 0 Å². The van der Waals surface area contributed by atoms with Crippen LogP contribution in [0, 0.1) is 0 Å². The van der Waals surface area contributed by atoms with Gasteiger partial charge in [-0.15, -0.1) is 26.3 Å². The summed E-state index contributed by atoms with van der Waals surface area (Å²) in [5.41, 5.74) is 0. The van der Waals surface area contributed by atoms with Crippen molar-refractivity contribution in [2.45, 2.75) is 0 Å². The van der Waals surface area contributed by atoms with E-state index in [1.54, 1.807) is 0 Å². The van der Waals surface area contributed by atoms with Gasteiger partial charge in [0.2, 0.25) is 0 Å². The van der Waals surface area contributed by atoms with Crippen molar-refractivity contribution in [3.05, 3.63) is 13.2 Å². The fourth-order valence-corrected chi connectivity index (χ4v) is 0. The van der Waals surface area contributed by atoms with Gasteiger partial charge in [0.05, 0.1) is 0 Å². The summed E-state index contributed by atoms with van der Waals surface area (Å²) in [5, 5.41) is 20.2. The van der Waals surface area contributed by atoms with Crippen molar-refractivity contribution >= 4 is 18.7 Å². The summed E-state index contributed by atoms with van der Waals surface area (Å²) in [4.78, 5) is 25.0. The van der Waals surface area contributed by atoms with Crippen LogP contribution in [-0.4, -0.2) is 34.0 Å². The van der Waals surface area contributed by atoms with E-state index in [2.05, 4.69) is 13.2 Å². The van der Waals surface area contributed by atoms with Crippen LogP contribution in [0.2, 0.25) is 0 Å². The minimum Gasteiger partial charge on any atom is -0.456 e. The molecule has 9 heteroatoms. The molecule has 0 aliphatic heterocycles. The molecule has 0 fully saturated rings. The zero-order valence-electron chi connectivity index (χ0n) is 6.61. The molecule has 0 spiro atoms. The Morgan fingerprint density at radius 1 is 0.714 bits per heavy atom. The second kappa shape index (κ2) is 22.4. The monoisotopic (exact) mass is 220 g/mol. The van der Waals surface area contributed by atoms with E-state index in [1.165, 1.54) is 0 Å². The highest BCUT2D eigenvalue weighted by Gasteiger charge is 1.75. The highest BCUT2D eigenvalue weighted by atomic mass is 19.2. The molecule has 0 saturated carbocycles. The Balaban J connectivity index is -0.0000000492. The Morgan fingerprint density at radius 2 is 0.714 bits per heavy atom. The van der Waals surface area contributed by atoms with Gasteiger partial charge in [-0.2, -0.15) is 0 Å². The number of hydrogen-bond acceptors (Lipinski definition) is 3. The van der Waals surface area contributed by atoms with E-state index in [4.69, 9.17) is 29.7 Å². The quantitative estimate of drug-likeness (QED) is 0.427. The molecule has 84 valence electrons. The molecular formula is C5H7F3O6. The molecule has 0 atom stereocenters. The van der Waals surface area contributed by atoms with E-state index >= 15 is 0 Å². The highest BCUT2D eigenvalue weighted by Crippen LogP contribution is 1.59. The summed E-state index contributed by atoms with van der Waals surface area (Å²) in [5.74, 6) is 0. The lowest BCUT2D eigenvalue weighted by atomic mass is 11.3. The van der Waals surface area contributed by atoms with Gasteiger partial charge in [0.1, 0.15) is 0 Å². The molecule has 14 heavy (non-hydrogen) atoms. The molecule has 0 amide bonds. The van der Waals surface area contributed by atoms with Gasteiger partial charge in [-0.3, -0.25) is 0 Å². The molecule has 0 aliphatic carbocycles. The zero-order valence-corrected chi connectivity index (χ0v) is 6.61. The molecule has 0 bridgehead atoms. The van der Waals surface area contributed by atoms with Gasteiger partial charge in [-0.1, -0.05) is 0 Å². The average molecular weight is 220 g/mol. The molecular weight excluding hydrogens is 213 g/mol. The lowest BCUT2D eigenvalue weighted by Gasteiger charge is -1.53. The molecule has 0 aliphatic rings. The minimum atomic E-state index is -2.33. The molecule has 0 rings (SSSR count). The van der Waals surface area contributed by atoms with E-state index < -0.39 is 18.7 Å². The first kappa shape index (κ1) is 22.7. The molecule has 0 aromatic carbocycles. The van der Waals surface area contributed by atoms with Crippen molar-refractivity contribution in [1.82, 2.24) is 0 Å². The molecule has 0 aromatic heterocycles. The van der Waals surface area contributed by atoms with Gasteiger partial charge in [-0.05, 0) is 0 Å². The maximum absolute atomic E-state index is 9.92. The van der Waals surface area contributed by atoms with Crippen LogP contribution < -0.4 is 0 Å². The Morgan fingerprint density at radius 3 is 0.714 bits per heavy atom. The number of carbonyl (C=O) groups is 3. The lowest BCUT2D eigenvalue weighted by Crippen LogP contribution is -1.69. The van der Waals surface area contributed by atoms with Crippen molar-refractivity contribution in [3.8, 4) is 0 Å². The standard InChI is InChI=1S/C2H4.3CHFO2/c1-2;3*2-1(3)4/h1-2H2;3*(H,3,4). The van der Waals surface area contributed by atoms with Crippen molar-refractivity contribution in [3.63, 3.8) is 0 Å². The van der Waals surface area contributed by atoms with Gasteiger partial charge >= 0.3 is 18.7 Å². The van der Waals surface area contributed by atoms with Crippen molar-refractivity contribution < 1.29 is 42.9 Å². The van der Waals surface area contributed by atoms with E-state index in [-0.39, 0.29) is 0 Å². The summed E-state index contributed by atoms with van der Waals surface area (Å²) in [6, 6.07) is 0. The Kier molecular flexibility index (Phi) is 36.3. The third kappa shape index (κ3) is 187. The average Bonchev–Trinajstić information content (AvgIpc) is 1.86. The van der Waals surface area contributed by atoms with Gasteiger partial charge in [0, 0.05) is 0 Å². The molecule has 0 radical (unpaired) electrons. The van der Waals surface area contributed by atoms with Crippen LogP contribution in [0.1, 0.15) is 0 Å². The molecule has 6 nitrogen and oxygen atoms in total. The topological polar surface area (TPSA) is 112 Å². The van der Waals surface area contributed by atoms with Crippen LogP contribution in [0.15, 0.2) is 13.2 Å². The predicted molar refractivity (Wildman–Crippen MR) is 38.7 cm³/mol. The summed E-state index contributed by atoms with van der Waals surface area (Å²) < 4.78 is 29.8. The number of halogens is 3. The van der Waals surface area contributed by atoms with Crippen molar-refractivity contribution in [2.75, 3.05) is 0 Å². The van der Waals surface area contributed by atoms with Crippen LogP contribution in [0.5, 0.6) is 0 Å². The maximum Gasteiger partial charge on any atom is 0.492 e. The second-order valence-corrected chi connectivity index (χ2v) is 0.759. The minimum absolute atomic E-state index is 2.33. The fraction of sp³-hybridized carbons (Fsp3) is 0. The van der Waals surface area contributed by atoms with Crippen LogP contribution in [-0.2, 0) is 0 Å². The van der Waals surface area contributed by atoms with E-state index in [9.17, 15) is 13.2 Å². The van der Waals surface area contributed by atoms with E-state index in [0.717, 1.165) is 0 Å². The molecule has 0 aromatic rings. The van der Waals surface area contributed by atoms with Crippen LogP contribution in [0.4, 0.5) is 27.6 Å². The normalized spacial score (nSPS) is 5.64. The summed E-state index contributed by atoms with van der Waals surface area (Å²) in [6.07, 6.45) is -7.00. The van der Waals surface area contributed by atoms with E-state index in [0.29, 0.717) is 0 Å². The van der Waals surface area contributed by atoms with Gasteiger partial charge in [0.25, 0.3) is 0 Å². The van der Waals surface area contributed by atoms with Crippen molar-refractivity contribution in [2.24, 2.45) is 0 Å². The first-order chi connectivity index (χ1) is 6.20. The molecule has 3 N–H and O–H groups in total. The van der Waals surface area contributed by atoms with Gasteiger partial charge in [-0.25, -0.2) is 14.4 Å². The smallest absolute Gasteiger partial charge is 0.456 e. The fourth-order valence-electron chi connectivity index (χ4n) is 0. The number of carboxylic acid groups (broad SMARTS) is 3. The van der Waals surface area contributed by atoms with Crippen LogP contribution in [0.3, 0.4) is 0 Å². The number of hydrogen-bond donors (Lipinski definition) is 3. The molecule has 0 unspecified atom stereocenters. The zero-order chi connectivity index (χ0) is 12.7. The van der Waals surface area contributed by atoms with Gasteiger partial charge < -0.3 is 15.3 Å². The molecule has 0 saturated heterocycles. The Labute approximate surface area is 75.9 Å². The van der Waals surface area contributed by atoms with E-state index in [1.807, 2.05) is 0 Å². The highest BCUT2D eigenvalue weighted by molar-refractivity contribution is 5.55. The summed E-state index contributed by atoms with van der Waals surface area (Å²) in [6.45, 7) is 6.00. The maximum atomic E-state index is 9.92. The van der Waals surface area contributed by atoms with Crippen molar-refractivity contribution in [1.29, 1.82) is 0 Å². The first-order valence-corrected chi connectivity index (χ1v) is 2.35. The van der Waals surface area contributed by atoms with Crippen LogP contribution >= 0.6 is 0 Å². The molecule has 0 heterocycles. The Bertz CT molecular complexity index is 130. The third-order valence-electron chi connectivity index (χ3n) is 0. The summed E-state index contributed by atoms with van der Waals surface area (Å²) in [7, 11) is 0. The largest absolute Gasteiger partial charge is 0.492 e. The lowest BCUT2D eigenvalue weighted by molar-refractivity contribution is 0.167. The predicted octanol–water partition coefficient (Wildman–Crippen LogP) is 2.70. The number of rotatable bonds is 0. The third-order valence-corrected chi connectivity index (χ3v) is 0. The SMILES string of the molecule is C=C.O=C(O)F.O=C(O)F.O=C(O)F. The summed E-state index contributed by atoms with van der Waals surface area (Å²) >= 11 is 0.